The van der Waals surface area contributed by atoms with Gasteiger partial charge in [0, 0.05) is 18.3 Å². The molecule has 138 valence electrons. The normalized spacial score (nSPS) is 22.3. The molecule has 1 fully saturated rings. The van der Waals surface area contributed by atoms with E-state index < -0.39 is 0 Å². The van der Waals surface area contributed by atoms with Crippen molar-refractivity contribution in [3.63, 3.8) is 0 Å². The molecular formula is C21H27N3O2. The van der Waals surface area contributed by atoms with Gasteiger partial charge < -0.3 is 20.0 Å². The Balaban J connectivity index is 1.43. The fourth-order valence-electron chi connectivity index (χ4n) is 4.12. The first-order chi connectivity index (χ1) is 12.7. The topological polar surface area (TPSA) is 57.5 Å². The van der Waals surface area contributed by atoms with Crippen LogP contribution < -0.4 is 15.5 Å². The molecule has 1 aromatic heterocycles. The molecule has 1 saturated heterocycles. The summed E-state index contributed by atoms with van der Waals surface area (Å²) in [4.78, 5) is 15.0. The quantitative estimate of drug-likeness (QED) is 0.868. The van der Waals surface area contributed by atoms with Gasteiger partial charge in [-0.25, -0.2) is 0 Å². The van der Waals surface area contributed by atoms with E-state index in [0.717, 1.165) is 31.8 Å². The van der Waals surface area contributed by atoms with Gasteiger partial charge in [0.05, 0.1) is 18.4 Å². The lowest BCUT2D eigenvalue weighted by molar-refractivity contribution is 0.0942. The third-order valence-corrected chi connectivity index (χ3v) is 5.60. The SMILES string of the molecule is CC1Cc2ccccc2N1Cc1occc1C(=O)NCC1CCCNC1. The molecule has 2 unspecified atom stereocenters. The van der Waals surface area contributed by atoms with Gasteiger partial charge in [-0.15, -0.1) is 0 Å². The van der Waals surface area contributed by atoms with Crippen molar-refractivity contribution < 1.29 is 9.21 Å². The number of hydrogen-bond donors (Lipinski definition) is 2. The van der Waals surface area contributed by atoms with E-state index in [9.17, 15) is 4.79 Å². The fourth-order valence-corrected chi connectivity index (χ4v) is 4.12. The second-order valence-electron chi connectivity index (χ2n) is 7.49. The summed E-state index contributed by atoms with van der Waals surface area (Å²) in [6.45, 7) is 5.64. The number of piperidine rings is 1. The van der Waals surface area contributed by atoms with Gasteiger partial charge in [-0.05, 0) is 62.9 Å². The van der Waals surface area contributed by atoms with E-state index in [2.05, 4.69) is 46.7 Å². The predicted octanol–water partition coefficient (Wildman–Crippen LogP) is 2.96. The second kappa shape index (κ2) is 7.54. The molecule has 2 aliphatic rings. The van der Waals surface area contributed by atoms with Gasteiger partial charge in [0.15, 0.2) is 0 Å². The Bertz CT molecular complexity index is 764. The zero-order chi connectivity index (χ0) is 17.9. The van der Waals surface area contributed by atoms with Crippen LogP contribution in [-0.4, -0.2) is 31.6 Å². The molecule has 2 atom stereocenters. The first-order valence-corrected chi connectivity index (χ1v) is 9.62. The summed E-state index contributed by atoms with van der Waals surface area (Å²) in [5.74, 6) is 1.24. The first kappa shape index (κ1) is 17.2. The van der Waals surface area contributed by atoms with E-state index in [1.54, 1.807) is 12.3 Å². The van der Waals surface area contributed by atoms with Crippen LogP contribution in [0.1, 0.15) is 41.4 Å². The van der Waals surface area contributed by atoms with Crippen molar-refractivity contribution in [3.8, 4) is 0 Å². The highest BCUT2D eigenvalue weighted by Gasteiger charge is 2.28. The highest BCUT2D eigenvalue weighted by molar-refractivity contribution is 5.95. The van der Waals surface area contributed by atoms with Gasteiger partial charge in [0.2, 0.25) is 0 Å². The van der Waals surface area contributed by atoms with Crippen molar-refractivity contribution in [3.05, 3.63) is 53.5 Å². The third kappa shape index (κ3) is 3.49. The first-order valence-electron chi connectivity index (χ1n) is 9.62. The third-order valence-electron chi connectivity index (χ3n) is 5.60. The number of amides is 1. The van der Waals surface area contributed by atoms with Crippen LogP contribution in [0.4, 0.5) is 5.69 Å². The molecule has 5 heteroatoms. The van der Waals surface area contributed by atoms with Crippen LogP contribution in [0.3, 0.4) is 0 Å². The van der Waals surface area contributed by atoms with Crippen LogP contribution in [-0.2, 0) is 13.0 Å². The number of fused-ring (bicyclic) bond motifs is 1. The number of para-hydroxylation sites is 1. The van der Waals surface area contributed by atoms with E-state index in [4.69, 9.17) is 4.42 Å². The predicted molar refractivity (Wildman–Crippen MR) is 102 cm³/mol. The molecule has 0 spiro atoms. The summed E-state index contributed by atoms with van der Waals surface area (Å²) in [7, 11) is 0. The van der Waals surface area contributed by atoms with Crippen molar-refractivity contribution in [1.29, 1.82) is 0 Å². The molecule has 0 radical (unpaired) electrons. The Labute approximate surface area is 154 Å². The minimum absolute atomic E-state index is 0.0283. The maximum Gasteiger partial charge on any atom is 0.254 e. The molecule has 2 aliphatic heterocycles. The number of carbonyl (C=O) groups excluding carboxylic acids is 1. The van der Waals surface area contributed by atoms with Gasteiger partial charge in [0.25, 0.3) is 5.91 Å². The molecule has 0 saturated carbocycles. The Morgan fingerprint density at radius 2 is 2.23 bits per heavy atom. The van der Waals surface area contributed by atoms with Gasteiger partial charge in [-0.2, -0.15) is 0 Å². The number of carbonyl (C=O) groups is 1. The molecular weight excluding hydrogens is 326 g/mol. The van der Waals surface area contributed by atoms with Crippen LogP contribution in [0.5, 0.6) is 0 Å². The van der Waals surface area contributed by atoms with Crippen LogP contribution in [0, 0.1) is 5.92 Å². The summed E-state index contributed by atoms with van der Waals surface area (Å²) in [5, 5.41) is 6.48. The van der Waals surface area contributed by atoms with Crippen molar-refractivity contribution in [2.24, 2.45) is 5.92 Å². The average molecular weight is 353 g/mol. The molecule has 2 N–H and O–H groups in total. The van der Waals surface area contributed by atoms with Crippen LogP contribution in [0.15, 0.2) is 41.0 Å². The van der Waals surface area contributed by atoms with Gasteiger partial charge in [0.1, 0.15) is 5.76 Å². The lowest BCUT2D eigenvalue weighted by Crippen LogP contribution is -2.38. The van der Waals surface area contributed by atoms with Gasteiger partial charge >= 0.3 is 0 Å². The van der Waals surface area contributed by atoms with Crippen molar-refractivity contribution in [2.45, 2.75) is 38.8 Å². The Morgan fingerprint density at radius 1 is 1.35 bits per heavy atom. The number of anilines is 1. The van der Waals surface area contributed by atoms with Crippen LogP contribution in [0.2, 0.25) is 0 Å². The fraction of sp³-hybridized carbons (Fsp3) is 0.476. The summed E-state index contributed by atoms with van der Waals surface area (Å²) >= 11 is 0. The monoisotopic (exact) mass is 353 g/mol. The van der Waals surface area contributed by atoms with E-state index in [1.807, 2.05) is 0 Å². The maximum absolute atomic E-state index is 12.7. The van der Waals surface area contributed by atoms with E-state index in [1.165, 1.54) is 24.1 Å². The summed E-state index contributed by atoms with van der Waals surface area (Å²) < 4.78 is 5.69. The van der Waals surface area contributed by atoms with Crippen molar-refractivity contribution in [1.82, 2.24) is 10.6 Å². The van der Waals surface area contributed by atoms with Crippen molar-refractivity contribution >= 4 is 11.6 Å². The molecule has 0 bridgehead atoms. The molecule has 2 aromatic rings. The standard InChI is InChI=1S/C21H27N3O2/c1-15-11-17-6-2-3-7-19(17)24(15)14-20-18(8-10-26-20)21(25)23-13-16-5-4-9-22-12-16/h2-3,6-8,10,15-16,22H,4-5,9,11-14H2,1H3,(H,23,25). The molecule has 0 aliphatic carbocycles. The maximum atomic E-state index is 12.7. The number of rotatable bonds is 5. The van der Waals surface area contributed by atoms with Crippen molar-refractivity contribution in [2.75, 3.05) is 24.5 Å². The van der Waals surface area contributed by atoms with E-state index in [-0.39, 0.29) is 5.91 Å². The number of nitrogens with one attached hydrogen (secondary N) is 2. The minimum Gasteiger partial charge on any atom is -0.467 e. The number of hydrogen-bond acceptors (Lipinski definition) is 4. The zero-order valence-corrected chi connectivity index (χ0v) is 15.3. The van der Waals surface area contributed by atoms with E-state index in [0.29, 0.717) is 24.1 Å². The molecule has 1 amide bonds. The molecule has 26 heavy (non-hydrogen) atoms. The zero-order valence-electron chi connectivity index (χ0n) is 15.3. The number of benzene rings is 1. The Hall–Kier alpha value is -2.27. The smallest absolute Gasteiger partial charge is 0.254 e. The molecule has 4 rings (SSSR count). The van der Waals surface area contributed by atoms with Crippen LogP contribution in [0.25, 0.3) is 0 Å². The number of furan rings is 1. The highest BCUT2D eigenvalue weighted by atomic mass is 16.3. The summed E-state index contributed by atoms with van der Waals surface area (Å²) in [6.07, 6.45) is 5.02. The minimum atomic E-state index is -0.0283. The lowest BCUT2D eigenvalue weighted by Gasteiger charge is -2.24. The highest BCUT2D eigenvalue weighted by Crippen LogP contribution is 2.33. The Morgan fingerprint density at radius 3 is 3.08 bits per heavy atom. The lowest BCUT2D eigenvalue weighted by atomic mass is 9.99. The molecule has 1 aromatic carbocycles. The second-order valence-corrected chi connectivity index (χ2v) is 7.49. The average Bonchev–Trinajstić information content (AvgIpc) is 3.26. The Kier molecular flexibility index (Phi) is 4.98. The molecule has 5 nitrogen and oxygen atoms in total. The van der Waals surface area contributed by atoms with Gasteiger partial charge in [-0.3, -0.25) is 4.79 Å². The summed E-state index contributed by atoms with van der Waals surface area (Å²) in [6, 6.07) is 10.7. The largest absolute Gasteiger partial charge is 0.467 e. The van der Waals surface area contributed by atoms with E-state index >= 15 is 0 Å². The van der Waals surface area contributed by atoms with Crippen LogP contribution >= 0.6 is 0 Å². The number of nitrogens with zero attached hydrogens (tertiary/aromatic N) is 1. The van der Waals surface area contributed by atoms with Gasteiger partial charge in [-0.1, -0.05) is 18.2 Å². The molecule has 3 heterocycles. The summed E-state index contributed by atoms with van der Waals surface area (Å²) in [5.41, 5.74) is 3.27.